The van der Waals surface area contributed by atoms with Crippen LogP contribution in [0.5, 0.6) is 0 Å². The molecule has 0 aliphatic carbocycles. The molecule has 0 saturated heterocycles. The van der Waals surface area contributed by atoms with Crippen LogP contribution in [0.15, 0.2) is 48.5 Å². The molecule has 0 bridgehead atoms. The molecule has 0 aromatic heterocycles. The van der Waals surface area contributed by atoms with Crippen LogP contribution in [0.25, 0.3) is 0 Å². The van der Waals surface area contributed by atoms with Gasteiger partial charge >= 0.3 is 0 Å². The lowest BCUT2D eigenvalue weighted by molar-refractivity contribution is 0.0755. The third kappa shape index (κ3) is 8.09. The van der Waals surface area contributed by atoms with Gasteiger partial charge in [-0.15, -0.1) is 0 Å². The van der Waals surface area contributed by atoms with Gasteiger partial charge in [0.25, 0.3) is 11.8 Å². The van der Waals surface area contributed by atoms with Gasteiger partial charge in [0.1, 0.15) is 0 Å². The Kier molecular flexibility index (Phi) is 10.9. The summed E-state index contributed by atoms with van der Waals surface area (Å²) in [7, 11) is 0. The monoisotopic (exact) mass is 439 g/mol. The Morgan fingerprint density at radius 2 is 1.62 bits per heavy atom. The number of carbonyl (C=O) groups excluding carboxylic acids is 2. The van der Waals surface area contributed by atoms with E-state index in [1.165, 1.54) is 5.56 Å². The number of aryl methyl sites for hydroxylation is 1. The van der Waals surface area contributed by atoms with Crippen molar-refractivity contribution in [1.29, 1.82) is 0 Å². The second-order valence-corrected chi connectivity index (χ2v) is 8.03. The number of rotatable bonds is 13. The number of nitrogens with two attached hydrogens (primary N) is 1. The minimum absolute atomic E-state index is 0.0411. The lowest BCUT2D eigenvalue weighted by atomic mass is 10.1. The van der Waals surface area contributed by atoms with E-state index in [-0.39, 0.29) is 17.9 Å². The van der Waals surface area contributed by atoms with Gasteiger partial charge in [-0.1, -0.05) is 51.1 Å². The molecule has 6 nitrogen and oxygen atoms in total. The number of nitrogens with zero attached hydrogens (tertiary/aromatic N) is 1. The van der Waals surface area contributed by atoms with Crippen LogP contribution in [0.3, 0.4) is 0 Å². The SMILES string of the molecule is CCCN(CCC)C(=O)c1cccc(C(=O)NCC(N)COCc2cccc(CC)c2)c1. The molecule has 0 spiro atoms. The smallest absolute Gasteiger partial charge is 0.253 e. The van der Waals surface area contributed by atoms with Crippen molar-refractivity contribution in [3.63, 3.8) is 0 Å². The van der Waals surface area contributed by atoms with Crippen molar-refractivity contribution < 1.29 is 14.3 Å². The topological polar surface area (TPSA) is 84.7 Å². The number of amides is 2. The zero-order valence-electron chi connectivity index (χ0n) is 19.6. The fourth-order valence-electron chi connectivity index (χ4n) is 3.48. The second kappa shape index (κ2) is 13.7. The second-order valence-electron chi connectivity index (χ2n) is 8.03. The Balaban J connectivity index is 1.84. The highest BCUT2D eigenvalue weighted by atomic mass is 16.5. The molecule has 1 atom stereocenters. The average Bonchev–Trinajstić information content (AvgIpc) is 2.82. The van der Waals surface area contributed by atoms with Crippen LogP contribution in [0, 0.1) is 0 Å². The van der Waals surface area contributed by atoms with Gasteiger partial charge in [0.2, 0.25) is 0 Å². The third-order valence-electron chi connectivity index (χ3n) is 5.17. The Morgan fingerprint density at radius 1 is 0.969 bits per heavy atom. The molecule has 2 rings (SSSR count). The maximum Gasteiger partial charge on any atom is 0.253 e. The van der Waals surface area contributed by atoms with Crippen LogP contribution in [0.2, 0.25) is 0 Å². The first-order chi connectivity index (χ1) is 15.5. The summed E-state index contributed by atoms with van der Waals surface area (Å²) in [6.07, 6.45) is 2.78. The molecule has 0 fully saturated rings. The molecule has 0 aliphatic rings. The molecule has 32 heavy (non-hydrogen) atoms. The maximum atomic E-state index is 12.8. The number of hydrogen-bond acceptors (Lipinski definition) is 4. The van der Waals surface area contributed by atoms with E-state index in [2.05, 4.69) is 38.2 Å². The average molecular weight is 440 g/mol. The Morgan fingerprint density at radius 3 is 2.31 bits per heavy atom. The van der Waals surface area contributed by atoms with Crippen molar-refractivity contribution in [3.8, 4) is 0 Å². The molecule has 2 aromatic carbocycles. The van der Waals surface area contributed by atoms with Crippen molar-refractivity contribution in [2.24, 2.45) is 5.73 Å². The van der Waals surface area contributed by atoms with Crippen molar-refractivity contribution in [2.75, 3.05) is 26.2 Å². The first-order valence-corrected chi connectivity index (χ1v) is 11.6. The van der Waals surface area contributed by atoms with Crippen molar-refractivity contribution in [1.82, 2.24) is 10.2 Å². The van der Waals surface area contributed by atoms with E-state index in [9.17, 15) is 9.59 Å². The Bertz CT molecular complexity index is 863. The number of nitrogens with one attached hydrogen (secondary N) is 1. The first kappa shape index (κ1) is 25.6. The van der Waals surface area contributed by atoms with E-state index < -0.39 is 0 Å². The first-order valence-electron chi connectivity index (χ1n) is 11.6. The summed E-state index contributed by atoms with van der Waals surface area (Å²) in [6, 6.07) is 14.8. The van der Waals surface area contributed by atoms with Crippen molar-refractivity contribution in [3.05, 3.63) is 70.8 Å². The van der Waals surface area contributed by atoms with Crippen LogP contribution < -0.4 is 11.1 Å². The van der Waals surface area contributed by atoms with Crippen molar-refractivity contribution >= 4 is 11.8 Å². The normalized spacial score (nSPS) is 11.8. The summed E-state index contributed by atoms with van der Waals surface area (Å²) in [5.41, 5.74) is 9.47. The number of hydrogen-bond donors (Lipinski definition) is 2. The molecule has 0 aliphatic heterocycles. The lowest BCUT2D eigenvalue weighted by Crippen LogP contribution is -2.40. The summed E-state index contributed by atoms with van der Waals surface area (Å²) in [5.74, 6) is -0.288. The van der Waals surface area contributed by atoms with E-state index in [0.29, 0.717) is 44.0 Å². The molecule has 1 unspecified atom stereocenters. The van der Waals surface area contributed by atoms with E-state index in [4.69, 9.17) is 10.5 Å². The van der Waals surface area contributed by atoms with Gasteiger partial charge in [-0.05, 0) is 48.6 Å². The molecular weight excluding hydrogens is 402 g/mol. The highest BCUT2D eigenvalue weighted by molar-refractivity contribution is 5.99. The van der Waals surface area contributed by atoms with E-state index >= 15 is 0 Å². The minimum atomic E-state index is -0.317. The zero-order valence-corrected chi connectivity index (χ0v) is 19.6. The molecular formula is C26H37N3O3. The van der Waals surface area contributed by atoms with Crippen LogP contribution >= 0.6 is 0 Å². The Labute approximate surface area is 192 Å². The van der Waals surface area contributed by atoms with Crippen molar-refractivity contribution in [2.45, 2.75) is 52.7 Å². The third-order valence-corrected chi connectivity index (χ3v) is 5.17. The zero-order chi connectivity index (χ0) is 23.3. The quantitative estimate of drug-likeness (QED) is 0.497. The van der Waals surface area contributed by atoms with Gasteiger partial charge in [-0.2, -0.15) is 0 Å². The summed E-state index contributed by atoms with van der Waals surface area (Å²) in [4.78, 5) is 27.2. The number of ether oxygens (including phenoxy) is 1. The highest BCUT2D eigenvalue weighted by Crippen LogP contribution is 2.10. The molecule has 0 saturated carbocycles. The summed E-state index contributed by atoms with van der Waals surface area (Å²) >= 11 is 0. The summed E-state index contributed by atoms with van der Waals surface area (Å²) < 4.78 is 5.72. The van der Waals surface area contributed by atoms with Gasteiger partial charge in [0, 0.05) is 36.8 Å². The van der Waals surface area contributed by atoms with Gasteiger partial charge in [0.15, 0.2) is 0 Å². The Hall–Kier alpha value is -2.70. The summed E-state index contributed by atoms with van der Waals surface area (Å²) in [6.45, 7) is 8.77. The van der Waals surface area contributed by atoms with E-state index in [0.717, 1.165) is 24.8 Å². The lowest BCUT2D eigenvalue weighted by Gasteiger charge is -2.21. The molecule has 3 N–H and O–H groups in total. The van der Waals surface area contributed by atoms with Gasteiger partial charge in [-0.3, -0.25) is 9.59 Å². The highest BCUT2D eigenvalue weighted by Gasteiger charge is 2.16. The molecule has 0 radical (unpaired) electrons. The predicted octanol–water partition coefficient (Wildman–Crippen LogP) is 3.79. The maximum absolute atomic E-state index is 12.8. The van der Waals surface area contributed by atoms with Crippen LogP contribution in [0.1, 0.15) is 65.5 Å². The number of carbonyl (C=O) groups is 2. The fourth-order valence-corrected chi connectivity index (χ4v) is 3.48. The molecule has 6 heteroatoms. The molecule has 0 heterocycles. The van der Waals surface area contributed by atoms with Crippen LogP contribution in [-0.4, -0.2) is 49.0 Å². The standard InChI is InChI=1S/C26H37N3O3/c1-4-13-29(14-5-2)26(31)23-12-8-11-22(16-23)25(30)28-17-24(27)19-32-18-21-10-7-9-20(6-3)15-21/h7-12,15-16,24H,4-6,13-14,17-19,27H2,1-3H3,(H,28,30). The number of benzene rings is 2. The van der Waals surface area contributed by atoms with Gasteiger partial charge < -0.3 is 20.7 Å². The molecule has 2 amide bonds. The molecule has 174 valence electrons. The minimum Gasteiger partial charge on any atom is -0.375 e. The van der Waals surface area contributed by atoms with E-state index in [1.807, 2.05) is 17.0 Å². The largest absolute Gasteiger partial charge is 0.375 e. The van der Waals surface area contributed by atoms with Gasteiger partial charge in [0.05, 0.1) is 13.2 Å². The fraction of sp³-hybridized carbons (Fsp3) is 0.462. The van der Waals surface area contributed by atoms with E-state index in [1.54, 1.807) is 24.3 Å². The predicted molar refractivity (Wildman–Crippen MR) is 129 cm³/mol. The van der Waals surface area contributed by atoms with Crippen LogP contribution in [0.4, 0.5) is 0 Å². The molecule has 2 aromatic rings. The van der Waals surface area contributed by atoms with Crippen LogP contribution in [-0.2, 0) is 17.8 Å². The van der Waals surface area contributed by atoms with Gasteiger partial charge in [-0.25, -0.2) is 0 Å². The summed E-state index contributed by atoms with van der Waals surface area (Å²) in [5, 5.41) is 2.84.